The van der Waals surface area contributed by atoms with Crippen molar-refractivity contribution < 1.29 is 9.84 Å². The third-order valence-corrected chi connectivity index (χ3v) is 4.52. The summed E-state index contributed by atoms with van der Waals surface area (Å²) in [7, 11) is 0. The lowest BCUT2D eigenvalue weighted by atomic mass is 9.90. The third-order valence-electron chi connectivity index (χ3n) is 4.08. The largest absolute Gasteiger partial charge is 0.392 e. The van der Waals surface area contributed by atoms with Gasteiger partial charge in [0.15, 0.2) is 0 Å². The third kappa shape index (κ3) is 2.64. The first-order chi connectivity index (χ1) is 9.29. The number of fused-ring (bicyclic) bond motifs is 1. The molecule has 2 unspecified atom stereocenters. The molecule has 0 radical (unpaired) electrons. The number of aromatic nitrogens is 1. The van der Waals surface area contributed by atoms with Crippen LogP contribution >= 0.6 is 15.9 Å². The van der Waals surface area contributed by atoms with E-state index in [4.69, 9.17) is 4.74 Å². The molecule has 0 aromatic carbocycles. The van der Waals surface area contributed by atoms with Crippen molar-refractivity contribution in [3.63, 3.8) is 0 Å². The predicted molar refractivity (Wildman–Crippen MR) is 77.2 cm³/mol. The van der Waals surface area contributed by atoms with Gasteiger partial charge in [-0.2, -0.15) is 0 Å². The minimum Gasteiger partial charge on any atom is -0.392 e. The van der Waals surface area contributed by atoms with Gasteiger partial charge in [-0.15, -0.1) is 0 Å². The van der Waals surface area contributed by atoms with Gasteiger partial charge in [-0.3, -0.25) is 0 Å². The van der Waals surface area contributed by atoms with Gasteiger partial charge in [0, 0.05) is 22.8 Å². The van der Waals surface area contributed by atoms with Crippen LogP contribution in [-0.2, 0) is 11.3 Å². The molecule has 1 aromatic heterocycles. The molecule has 19 heavy (non-hydrogen) atoms. The fourth-order valence-corrected chi connectivity index (χ4v) is 3.59. The maximum Gasteiger partial charge on any atom is 0.134 e. The van der Waals surface area contributed by atoms with E-state index < -0.39 is 0 Å². The van der Waals surface area contributed by atoms with E-state index in [9.17, 15) is 5.11 Å². The Hall–Kier alpha value is -0.650. The minimum atomic E-state index is 0.0243. The number of aliphatic hydroxyl groups is 1. The quantitative estimate of drug-likeness (QED) is 0.906. The van der Waals surface area contributed by atoms with Gasteiger partial charge in [0.25, 0.3) is 0 Å². The summed E-state index contributed by atoms with van der Waals surface area (Å²) in [4.78, 5) is 6.87. The number of nitrogens with zero attached hydrogens (tertiary/aromatic N) is 2. The number of hydrogen-bond acceptors (Lipinski definition) is 4. The van der Waals surface area contributed by atoms with Gasteiger partial charge in [0.05, 0.1) is 25.4 Å². The lowest BCUT2D eigenvalue weighted by Gasteiger charge is -2.44. The van der Waals surface area contributed by atoms with Crippen molar-refractivity contribution >= 4 is 21.7 Å². The van der Waals surface area contributed by atoms with E-state index in [1.54, 1.807) is 0 Å². The standard InChI is InChI=1S/C14H19BrN2O2/c15-11-7-10(9-18)14(16-8-11)17-5-6-19-13-4-2-1-3-12(13)17/h7-8,12-13,18H,1-6,9H2. The first-order valence-electron chi connectivity index (χ1n) is 6.93. The maximum atomic E-state index is 9.55. The normalized spacial score (nSPS) is 27.2. The number of rotatable bonds is 2. The SMILES string of the molecule is OCc1cc(Br)cnc1N1CCOC2CCCCC21. The van der Waals surface area contributed by atoms with Crippen LogP contribution in [0.4, 0.5) is 5.82 Å². The average molecular weight is 327 g/mol. The molecule has 3 rings (SSSR count). The van der Waals surface area contributed by atoms with Gasteiger partial charge in [-0.1, -0.05) is 12.8 Å². The van der Waals surface area contributed by atoms with Crippen LogP contribution in [0.5, 0.6) is 0 Å². The van der Waals surface area contributed by atoms with Crippen LogP contribution < -0.4 is 4.90 Å². The molecule has 1 saturated carbocycles. The fraction of sp³-hybridized carbons (Fsp3) is 0.643. The number of ether oxygens (including phenoxy) is 1. The van der Waals surface area contributed by atoms with Crippen molar-refractivity contribution in [2.75, 3.05) is 18.1 Å². The van der Waals surface area contributed by atoms with Crippen molar-refractivity contribution in [1.29, 1.82) is 0 Å². The highest BCUT2D eigenvalue weighted by Crippen LogP contribution is 2.33. The second-order valence-electron chi connectivity index (χ2n) is 5.25. The molecule has 2 aliphatic rings. The van der Waals surface area contributed by atoms with Crippen LogP contribution in [-0.4, -0.2) is 35.4 Å². The van der Waals surface area contributed by atoms with Crippen LogP contribution in [0.1, 0.15) is 31.2 Å². The van der Waals surface area contributed by atoms with E-state index in [2.05, 4.69) is 25.8 Å². The van der Waals surface area contributed by atoms with Gasteiger partial charge in [0.1, 0.15) is 5.82 Å². The van der Waals surface area contributed by atoms with E-state index in [1.165, 1.54) is 12.8 Å². The van der Waals surface area contributed by atoms with Crippen molar-refractivity contribution in [1.82, 2.24) is 4.98 Å². The fourth-order valence-electron chi connectivity index (χ4n) is 3.21. The van der Waals surface area contributed by atoms with Gasteiger partial charge < -0.3 is 14.7 Å². The summed E-state index contributed by atoms with van der Waals surface area (Å²) in [5, 5.41) is 9.55. The van der Waals surface area contributed by atoms with Crippen molar-refractivity contribution in [3.8, 4) is 0 Å². The summed E-state index contributed by atoms with van der Waals surface area (Å²) < 4.78 is 6.80. The molecule has 104 valence electrons. The Labute approximate surface area is 121 Å². The second-order valence-corrected chi connectivity index (χ2v) is 6.16. The number of anilines is 1. The Morgan fingerprint density at radius 3 is 3.11 bits per heavy atom. The topological polar surface area (TPSA) is 45.6 Å². The molecule has 2 atom stereocenters. The zero-order valence-electron chi connectivity index (χ0n) is 10.9. The summed E-state index contributed by atoms with van der Waals surface area (Å²) in [5.41, 5.74) is 0.889. The molecule has 0 spiro atoms. The molecule has 0 amide bonds. The lowest BCUT2D eigenvalue weighted by Crippen LogP contribution is -2.53. The maximum absolute atomic E-state index is 9.55. The average Bonchev–Trinajstić information content (AvgIpc) is 2.46. The molecule has 1 aliphatic carbocycles. The molecule has 1 aliphatic heterocycles. The van der Waals surface area contributed by atoms with Gasteiger partial charge >= 0.3 is 0 Å². The van der Waals surface area contributed by atoms with Crippen molar-refractivity contribution in [2.45, 2.75) is 44.4 Å². The highest BCUT2D eigenvalue weighted by atomic mass is 79.9. The van der Waals surface area contributed by atoms with Gasteiger partial charge in [-0.25, -0.2) is 4.98 Å². The second kappa shape index (κ2) is 5.77. The summed E-state index contributed by atoms with van der Waals surface area (Å²) in [6.45, 7) is 1.64. The molecule has 0 bridgehead atoms. The molecule has 1 N–H and O–H groups in total. The first kappa shape index (κ1) is 13.3. The first-order valence-corrected chi connectivity index (χ1v) is 7.72. The van der Waals surface area contributed by atoms with Crippen LogP contribution in [0.3, 0.4) is 0 Å². The molecular formula is C14H19BrN2O2. The van der Waals surface area contributed by atoms with Crippen molar-refractivity contribution in [2.24, 2.45) is 0 Å². The molecular weight excluding hydrogens is 308 g/mol. The summed E-state index contributed by atoms with van der Waals surface area (Å²) in [5.74, 6) is 0.922. The van der Waals surface area contributed by atoms with E-state index in [0.717, 1.165) is 41.8 Å². The Morgan fingerprint density at radius 1 is 1.42 bits per heavy atom. The molecule has 1 aromatic rings. The summed E-state index contributed by atoms with van der Waals surface area (Å²) >= 11 is 3.41. The molecule has 2 fully saturated rings. The lowest BCUT2D eigenvalue weighted by molar-refractivity contribution is -0.00912. The zero-order chi connectivity index (χ0) is 13.2. The van der Waals surface area contributed by atoms with E-state index in [1.807, 2.05) is 12.3 Å². The van der Waals surface area contributed by atoms with Gasteiger partial charge in [0.2, 0.25) is 0 Å². The predicted octanol–water partition coefficient (Wildman–Crippen LogP) is 2.48. The molecule has 4 nitrogen and oxygen atoms in total. The summed E-state index contributed by atoms with van der Waals surface area (Å²) in [6.07, 6.45) is 6.96. The minimum absolute atomic E-state index is 0.0243. The van der Waals surface area contributed by atoms with Crippen LogP contribution in [0.25, 0.3) is 0 Å². The number of hydrogen-bond donors (Lipinski definition) is 1. The number of aliphatic hydroxyl groups excluding tert-OH is 1. The number of morpholine rings is 1. The highest BCUT2D eigenvalue weighted by Gasteiger charge is 2.35. The van der Waals surface area contributed by atoms with Crippen LogP contribution in [0.2, 0.25) is 0 Å². The number of pyridine rings is 1. The Balaban J connectivity index is 1.91. The van der Waals surface area contributed by atoms with Crippen LogP contribution in [0.15, 0.2) is 16.7 Å². The zero-order valence-corrected chi connectivity index (χ0v) is 12.5. The van der Waals surface area contributed by atoms with E-state index in [-0.39, 0.29) is 6.61 Å². The van der Waals surface area contributed by atoms with E-state index >= 15 is 0 Å². The molecule has 2 heterocycles. The Kier molecular flexibility index (Phi) is 4.05. The van der Waals surface area contributed by atoms with Gasteiger partial charge in [-0.05, 0) is 34.8 Å². The molecule has 1 saturated heterocycles. The monoisotopic (exact) mass is 326 g/mol. The van der Waals surface area contributed by atoms with Crippen LogP contribution in [0, 0.1) is 0 Å². The number of halogens is 1. The highest BCUT2D eigenvalue weighted by molar-refractivity contribution is 9.10. The Bertz CT molecular complexity index is 453. The Morgan fingerprint density at radius 2 is 2.26 bits per heavy atom. The smallest absolute Gasteiger partial charge is 0.134 e. The van der Waals surface area contributed by atoms with E-state index in [0.29, 0.717) is 12.1 Å². The summed E-state index contributed by atoms with van der Waals surface area (Å²) in [6, 6.07) is 2.37. The van der Waals surface area contributed by atoms with Crippen molar-refractivity contribution in [3.05, 3.63) is 22.3 Å². The molecule has 5 heteroatoms.